The highest BCUT2D eigenvalue weighted by atomic mass is 16.5. The second kappa shape index (κ2) is 17.2. The van der Waals surface area contributed by atoms with E-state index >= 15 is 0 Å². The van der Waals surface area contributed by atoms with E-state index in [9.17, 15) is 0 Å². The Morgan fingerprint density at radius 2 is 1.48 bits per heavy atom. The molecule has 0 aromatic carbocycles. The largest absolute Gasteiger partial charge is 0.394 e. The van der Waals surface area contributed by atoms with Crippen LogP contribution in [0.3, 0.4) is 0 Å². The van der Waals surface area contributed by atoms with E-state index in [4.69, 9.17) is 9.84 Å². The van der Waals surface area contributed by atoms with E-state index < -0.39 is 0 Å². The third-order valence-electron chi connectivity index (χ3n) is 3.46. The minimum absolute atomic E-state index is 0.0313. The summed E-state index contributed by atoms with van der Waals surface area (Å²) in [5.74, 6) is 0. The molecule has 0 aliphatic carbocycles. The molecule has 0 heterocycles. The monoisotopic (exact) mass is 294 g/mol. The molecule has 0 bridgehead atoms. The number of aliphatic hydroxyl groups excluding tert-OH is 1. The molecule has 1 atom stereocenters. The first-order chi connectivity index (χ1) is 10.3. The predicted molar refractivity (Wildman–Crippen MR) is 92.5 cm³/mol. The number of aliphatic hydroxyl groups is 1. The van der Waals surface area contributed by atoms with Crippen molar-refractivity contribution in [2.75, 3.05) is 13.7 Å². The van der Waals surface area contributed by atoms with Gasteiger partial charge in [-0.25, -0.2) is 0 Å². The van der Waals surface area contributed by atoms with Crippen LogP contribution in [0.25, 0.3) is 0 Å². The Hall–Kier alpha value is -0.860. The zero-order chi connectivity index (χ0) is 15.6. The van der Waals surface area contributed by atoms with Crippen molar-refractivity contribution >= 4 is 0 Å². The molecule has 0 saturated carbocycles. The molecular formula is C19H34O2. The highest BCUT2D eigenvalue weighted by Gasteiger charge is 2.03. The van der Waals surface area contributed by atoms with Crippen molar-refractivity contribution in [1.29, 1.82) is 0 Å². The Balaban J connectivity index is 3.31. The van der Waals surface area contributed by atoms with Gasteiger partial charge < -0.3 is 9.84 Å². The van der Waals surface area contributed by atoms with Crippen LogP contribution in [0.4, 0.5) is 0 Å². The highest BCUT2D eigenvalue weighted by Crippen LogP contribution is 2.09. The van der Waals surface area contributed by atoms with Crippen molar-refractivity contribution in [2.24, 2.45) is 0 Å². The molecule has 122 valence electrons. The minimum Gasteiger partial charge on any atom is -0.394 e. The van der Waals surface area contributed by atoms with Crippen molar-refractivity contribution < 1.29 is 9.84 Å². The normalized spacial score (nSPS) is 13.9. The van der Waals surface area contributed by atoms with Gasteiger partial charge in [0, 0.05) is 7.11 Å². The van der Waals surface area contributed by atoms with E-state index in [1.165, 1.54) is 25.7 Å². The smallest absolute Gasteiger partial charge is 0.0802 e. The number of unbranched alkanes of at least 4 members (excludes halogenated alkanes) is 4. The predicted octanol–water partition coefficient (Wildman–Crippen LogP) is 5.19. The molecular weight excluding hydrogens is 260 g/mol. The quantitative estimate of drug-likeness (QED) is 0.353. The van der Waals surface area contributed by atoms with Crippen molar-refractivity contribution in [1.82, 2.24) is 0 Å². The Bertz CT molecular complexity index is 275. The van der Waals surface area contributed by atoms with E-state index in [0.29, 0.717) is 0 Å². The van der Waals surface area contributed by atoms with Gasteiger partial charge in [-0.1, -0.05) is 62.6 Å². The lowest BCUT2D eigenvalue weighted by Gasteiger charge is -2.11. The molecule has 0 saturated heterocycles. The van der Waals surface area contributed by atoms with Gasteiger partial charge >= 0.3 is 0 Å². The summed E-state index contributed by atoms with van der Waals surface area (Å²) in [7, 11) is 1.67. The van der Waals surface area contributed by atoms with Gasteiger partial charge in [0.2, 0.25) is 0 Å². The zero-order valence-corrected chi connectivity index (χ0v) is 14.0. The number of hydrogen-bond donors (Lipinski definition) is 1. The zero-order valence-electron chi connectivity index (χ0n) is 14.0. The van der Waals surface area contributed by atoms with Crippen molar-refractivity contribution in [3.05, 3.63) is 36.5 Å². The molecule has 0 aliphatic rings. The average molecular weight is 294 g/mol. The summed E-state index contributed by atoms with van der Waals surface area (Å²) >= 11 is 0. The molecule has 0 spiro atoms. The van der Waals surface area contributed by atoms with Gasteiger partial charge in [0.1, 0.15) is 0 Å². The first kappa shape index (κ1) is 20.1. The summed E-state index contributed by atoms with van der Waals surface area (Å²) in [6, 6.07) is 0. The van der Waals surface area contributed by atoms with Crippen molar-refractivity contribution in [3.8, 4) is 0 Å². The molecule has 0 aromatic rings. The van der Waals surface area contributed by atoms with E-state index in [1.54, 1.807) is 7.11 Å². The van der Waals surface area contributed by atoms with E-state index in [-0.39, 0.29) is 12.7 Å². The van der Waals surface area contributed by atoms with Crippen LogP contribution in [0.15, 0.2) is 36.5 Å². The molecule has 21 heavy (non-hydrogen) atoms. The standard InChI is InChI=1S/C19H34O2/c1-3-4-5-6-7-8-9-10-11-12-13-14-15-16-17-19(18-20)21-2/h4-5,7-8,10-11,19-20H,3,6,9,12-18H2,1-2H3/b5-4-,8-7-,11-10-. The SMILES string of the molecule is CC/C=C\C/C=C\C/C=C\CCCCCCC(CO)OC. The third kappa shape index (κ3) is 15.3. The highest BCUT2D eigenvalue weighted by molar-refractivity contribution is 4.96. The lowest BCUT2D eigenvalue weighted by atomic mass is 10.1. The Labute approximate surface area is 131 Å². The minimum atomic E-state index is 0.0313. The van der Waals surface area contributed by atoms with Gasteiger partial charge in [-0.05, 0) is 38.5 Å². The molecule has 2 heteroatoms. The number of rotatable bonds is 14. The summed E-state index contributed by atoms with van der Waals surface area (Å²) in [5, 5.41) is 8.99. The van der Waals surface area contributed by atoms with Crippen LogP contribution in [-0.2, 0) is 4.74 Å². The van der Waals surface area contributed by atoms with Gasteiger partial charge in [-0.3, -0.25) is 0 Å². The number of hydrogen-bond acceptors (Lipinski definition) is 2. The fourth-order valence-corrected chi connectivity index (χ4v) is 2.10. The van der Waals surface area contributed by atoms with Crippen LogP contribution in [0.1, 0.15) is 64.7 Å². The molecule has 0 aromatic heterocycles. The number of ether oxygens (including phenoxy) is 1. The van der Waals surface area contributed by atoms with Gasteiger partial charge in [-0.15, -0.1) is 0 Å². The van der Waals surface area contributed by atoms with E-state index in [0.717, 1.165) is 32.1 Å². The third-order valence-corrected chi connectivity index (χ3v) is 3.46. The lowest BCUT2D eigenvalue weighted by Crippen LogP contribution is -2.14. The molecule has 0 radical (unpaired) electrons. The molecule has 1 N–H and O–H groups in total. The van der Waals surface area contributed by atoms with Gasteiger partial charge in [0.25, 0.3) is 0 Å². The Morgan fingerprint density at radius 3 is 2.10 bits per heavy atom. The maximum atomic E-state index is 8.99. The first-order valence-corrected chi connectivity index (χ1v) is 8.43. The molecule has 0 aliphatic heterocycles. The fraction of sp³-hybridized carbons (Fsp3) is 0.684. The number of allylic oxidation sites excluding steroid dienone is 6. The van der Waals surface area contributed by atoms with E-state index in [1.807, 2.05) is 0 Å². The Kier molecular flexibility index (Phi) is 16.5. The molecule has 0 amide bonds. The summed E-state index contributed by atoms with van der Waals surface area (Å²) < 4.78 is 5.14. The summed E-state index contributed by atoms with van der Waals surface area (Å²) in [6.07, 6.45) is 23.7. The summed E-state index contributed by atoms with van der Waals surface area (Å²) in [4.78, 5) is 0. The fourth-order valence-electron chi connectivity index (χ4n) is 2.10. The van der Waals surface area contributed by atoms with Crippen LogP contribution >= 0.6 is 0 Å². The van der Waals surface area contributed by atoms with Crippen LogP contribution < -0.4 is 0 Å². The molecule has 2 nitrogen and oxygen atoms in total. The average Bonchev–Trinajstić information content (AvgIpc) is 2.51. The van der Waals surface area contributed by atoms with Crippen LogP contribution in [-0.4, -0.2) is 24.9 Å². The van der Waals surface area contributed by atoms with Crippen LogP contribution in [0.2, 0.25) is 0 Å². The lowest BCUT2D eigenvalue weighted by molar-refractivity contribution is 0.0415. The van der Waals surface area contributed by atoms with Crippen molar-refractivity contribution in [2.45, 2.75) is 70.8 Å². The number of methoxy groups -OCH3 is 1. The maximum Gasteiger partial charge on any atom is 0.0802 e. The van der Waals surface area contributed by atoms with Crippen molar-refractivity contribution in [3.63, 3.8) is 0 Å². The van der Waals surface area contributed by atoms with E-state index in [2.05, 4.69) is 43.4 Å². The Morgan fingerprint density at radius 1 is 0.857 bits per heavy atom. The van der Waals surface area contributed by atoms with Crippen LogP contribution in [0, 0.1) is 0 Å². The van der Waals surface area contributed by atoms with Gasteiger partial charge in [-0.2, -0.15) is 0 Å². The summed E-state index contributed by atoms with van der Waals surface area (Å²) in [6.45, 7) is 2.30. The second-order valence-electron chi connectivity index (χ2n) is 5.33. The summed E-state index contributed by atoms with van der Waals surface area (Å²) in [5.41, 5.74) is 0. The maximum absolute atomic E-state index is 8.99. The molecule has 0 rings (SSSR count). The second-order valence-corrected chi connectivity index (χ2v) is 5.33. The first-order valence-electron chi connectivity index (χ1n) is 8.43. The van der Waals surface area contributed by atoms with Gasteiger partial charge in [0.15, 0.2) is 0 Å². The van der Waals surface area contributed by atoms with Crippen LogP contribution in [0.5, 0.6) is 0 Å². The van der Waals surface area contributed by atoms with Gasteiger partial charge in [0.05, 0.1) is 12.7 Å². The molecule has 0 fully saturated rings. The topological polar surface area (TPSA) is 29.5 Å². The molecule has 1 unspecified atom stereocenters.